The number of hydrogen-bond donors (Lipinski definition) is 0. The lowest BCUT2D eigenvalue weighted by molar-refractivity contribution is -0.131. The first-order valence-corrected chi connectivity index (χ1v) is 8.15. The van der Waals surface area contributed by atoms with Gasteiger partial charge in [0.15, 0.2) is 5.78 Å². The molecule has 1 amide bonds. The van der Waals surface area contributed by atoms with Crippen LogP contribution in [0.15, 0.2) is 24.3 Å². The molecule has 0 spiro atoms. The summed E-state index contributed by atoms with van der Waals surface area (Å²) >= 11 is 0. The second-order valence-electron chi connectivity index (χ2n) is 5.52. The van der Waals surface area contributed by atoms with E-state index in [-0.39, 0.29) is 30.3 Å². The minimum Gasteiger partial charge on any atom is -0.343 e. The van der Waals surface area contributed by atoms with Crippen LogP contribution < -0.4 is 0 Å². The molecule has 0 saturated carbocycles. The Morgan fingerprint density at radius 3 is 2.00 bits per heavy atom. The highest BCUT2D eigenvalue weighted by atomic mass is 19.1. The molecule has 0 aliphatic heterocycles. The van der Waals surface area contributed by atoms with Crippen LogP contribution in [0.2, 0.25) is 0 Å². The third kappa shape index (κ3) is 6.37. The summed E-state index contributed by atoms with van der Waals surface area (Å²) in [5, 5.41) is 0. The second-order valence-corrected chi connectivity index (χ2v) is 5.52. The molecule has 0 bridgehead atoms. The lowest BCUT2D eigenvalue weighted by atomic mass is 10.1. The zero-order chi connectivity index (χ0) is 16.4. The van der Waals surface area contributed by atoms with Gasteiger partial charge in [0.2, 0.25) is 5.91 Å². The molecule has 4 heteroatoms. The maximum absolute atomic E-state index is 12.8. The van der Waals surface area contributed by atoms with Crippen LogP contribution in [0.25, 0.3) is 0 Å². The van der Waals surface area contributed by atoms with Crippen LogP contribution in [-0.4, -0.2) is 29.7 Å². The van der Waals surface area contributed by atoms with Crippen molar-refractivity contribution in [1.29, 1.82) is 0 Å². The lowest BCUT2D eigenvalue weighted by Gasteiger charge is -2.22. The summed E-state index contributed by atoms with van der Waals surface area (Å²) in [5.74, 6) is -0.436. The molecule has 22 heavy (non-hydrogen) atoms. The maximum Gasteiger partial charge on any atom is 0.223 e. The Bertz CT molecular complexity index is 462. The molecule has 0 atom stereocenters. The zero-order valence-corrected chi connectivity index (χ0v) is 13.6. The average molecular weight is 307 g/mol. The van der Waals surface area contributed by atoms with Crippen LogP contribution in [-0.2, 0) is 4.79 Å². The van der Waals surface area contributed by atoms with Gasteiger partial charge in [-0.1, -0.05) is 26.7 Å². The van der Waals surface area contributed by atoms with Gasteiger partial charge in [0.1, 0.15) is 5.82 Å². The van der Waals surface area contributed by atoms with Crippen molar-refractivity contribution in [3.63, 3.8) is 0 Å². The molecule has 0 unspecified atom stereocenters. The molecule has 1 rings (SSSR count). The van der Waals surface area contributed by atoms with E-state index >= 15 is 0 Å². The van der Waals surface area contributed by atoms with Crippen molar-refractivity contribution in [2.24, 2.45) is 0 Å². The molecule has 0 N–H and O–H groups in total. The molecule has 0 fully saturated rings. The Labute approximate surface area is 132 Å². The predicted molar refractivity (Wildman–Crippen MR) is 86.4 cm³/mol. The first-order valence-electron chi connectivity index (χ1n) is 8.15. The van der Waals surface area contributed by atoms with E-state index in [0.717, 1.165) is 38.8 Å². The van der Waals surface area contributed by atoms with Crippen molar-refractivity contribution in [2.75, 3.05) is 13.1 Å². The molecular weight excluding hydrogens is 281 g/mol. The number of carbonyl (C=O) groups is 2. The highest BCUT2D eigenvalue weighted by Crippen LogP contribution is 2.10. The fraction of sp³-hybridized carbons (Fsp3) is 0.556. The van der Waals surface area contributed by atoms with E-state index in [1.165, 1.54) is 24.3 Å². The van der Waals surface area contributed by atoms with Gasteiger partial charge in [-0.2, -0.15) is 0 Å². The van der Waals surface area contributed by atoms with E-state index in [9.17, 15) is 14.0 Å². The molecule has 0 saturated heterocycles. The van der Waals surface area contributed by atoms with E-state index in [0.29, 0.717) is 5.56 Å². The smallest absolute Gasteiger partial charge is 0.223 e. The molecule has 0 heterocycles. The Morgan fingerprint density at radius 2 is 1.50 bits per heavy atom. The van der Waals surface area contributed by atoms with Gasteiger partial charge in [0.25, 0.3) is 0 Å². The van der Waals surface area contributed by atoms with Gasteiger partial charge >= 0.3 is 0 Å². The summed E-state index contributed by atoms with van der Waals surface area (Å²) in [4.78, 5) is 26.1. The van der Waals surface area contributed by atoms with Crippen molar-refractivity contribution in [3.8, 4) is 0 Å². The summed E-state index contributed by atoms with van der Waals surface area (Å²) in [6, 6.07) is 5.47. The number of Topliss-reactive ketones (excluding diaryl/α,β-unsaturated/α-hetero) is 1. The summed E-state index contributed by atoms with van der Waals surface area (Å²) in [6.45, 7) is 5.72. The topological polar surface area (TPSA) is 37.4 Å². The number of halogens is 1. The molecule has 0 aromatic heterocycles. The standard InChI is InChI=1S/C18H26FNO2/c1-3-5-13-20(14-6-4-2)18(22)12-11-17(21)15-7-9-16(19)10-8-15/h7-10H,3-6,11-14H2,1-2H3. The van der Waals surface area contributed by atoms with Crippen LogP contribution in [0.3, 0.4) is 0 Å². The largest absolute Gasteiger partial charge is 0.343 e. The summed E-state index contributed by atoms with van der Waals surface area (Å²) in [6.07, 6.45) is 4.47. The van der Waals surface area contributed by atoms with Gasteiger partial charge in [0.05, 0.1) is 0 Å². The number of hydrogen-bond acceptors (Lipinski definition) is 2. The number of amides is 1. The first kappa shape index (κ1) is 18.3. The third-order valence-electron chi connectivity index (χ3n) is 3.65. The van der Waals surface area contributed by atoms with E-state index in [1.54, 1.807) is 0 Å². The Kier molecular flexibility index (Phi) is 8.41. The van der Waals surface area contributed by atoms with Crippen LogP contribution in [0.4, 0.5) is 4.39 Å². The number of carbonyl (C=O) groups excluding carboxylic acids is 2. The molecule has 0 aliphatic carbocycles. The van der Waals surface area contributed by atoms with Crippen LogP contribution in [0.1, 0.15) is 62.7 Å². The van der Waals surface area contributed by atoms with Gasteiger partial charge in [-0.05, 0) is 37.1 Å². The van der Waals surface area contributed by atoms with Crippen molar-refractivity contribution in [3.05, 3.63) is 35.6 Å². The SMILES string of the molecule is CCCCN(CCCC)C(=O)CCC(=O)c1ccc(F)cc1. The number of rotatable bonds is 10. The zero-order valence-electron chi connectivity index (χ0n) is 13.6. The summed E-state index contributed by atoms with van der Waals surface area (Å²) < 4.78 is 12.8. The number of unbranched alkanes of at least 4 members (excludes halogenated alkanes) is 2. The minimum absolute atomic E-state index is 0.0392. The monoisotopic (exact) mass is 307 g/mol. The van der Waals surface area contributed by atoms with Crippen molar-refractivity contribution in [2.45, 2.75) is 52.4 Å². The normalized spacial score (nSPS) is 10.5. The van der Waals surface area contributed by atoms with E-state index in [4.69, 9.17) is 0 Å². The molecule has 3 nitrogen and oxygen atoms in total. The molecule has 122 valence electrons. The first-order chi connectivity index (χ1) is 10.6. The Balaban J connectivity index is 2.50. The molecular formula is C18H26FNO2. The van der Waals surface area contributed by atoms with Gasteiger partial charge < -0.3 is 4.90 Å². The molecule has 0 aliphatic rings. The van der Waals surface area contributed by atoms with Crippen LogP contribution in [0, 0.1) is 5.82 Å². The minimum atomic E-state index is -0.363. The lowest BCUT2D eigenvalue weighted by Crippen LogP contribution is -2.33. The van der Waals surface area contributed by atoms with Crippen molar-refractivity contribution < 1.29 is 14.0 Å². The van der Waals surface area contributed by atoms with Crippen molar-refractivity contribution in [1.82, 2.24) is 4.90 Å². The number of ketones is 1. The van der Waals surface area contributed by atoms with Crippen molar-refractivity contribution >= 4 is 11.7 Å². The van der Waals surface area contributed by atoms with Crippen LogP contribution in [0.5, 0.6) is 0 Å². The second kappa shape index (κ2) is 10.1. The molecule has 1 aromatic rings. The number of benzene rings is 1. The van der Waals surface area contributed by atoms with E-state index in [2.05, 4.69) is 13.8 Å². The van der Waals surface area contributed by atoms with Gasteiger partial charge in [-0.15, -0.1) is 0 Å². The van der Waals surface area contributed by atoms with Gasteiger partial charge in [-0.3, -0.25) is 9.59 Å². The van der Waals surface area contributed by atoms with Gasteiger partial charge in [0, 0.05) is 31.5 Å². The van der Waals surface area contributed by atoms with Gasteiger partial charge in [-0.25, -0.2) is 4.39 Å². The highest BCUT2D eigenvalue weighted by Gasteiger charge is 2.15. The summed E-state index contributed by atoms with van der Waals surface area (Å²) in [7, 11) is 0. The average Bonchev–Trinajstić information content (AvgIpc) is 2.53. The Hall–Kier alpha value is -1.71. The fourth-order valence-corrected chi connectivity index (χ4v) is 2.22. The van der Waals surface area contributed by atoms with E-state index < -0.39 is 0 Å². The van der Waals surface area contributed by atoms with E-state index in [1.807, 2.05) is 4.90 Å². The predicted octanol–water partition coefficient (Wildman–Crippen LogP) is 4.22. The molecule has 1 aromatic carbocycles. The summed E-state index contributed by atoms with van der Waals surface area (Å²) in [5.41, 5.74) is 0.461. The molecule has 0 radical (unpaired) electrons. The number of nitrogens with zero attached hydrogens (tertiary/aromatic N) is 1. The maximum atomic E-state index is 12.8. The fourth-order valence-electron chi connectivity index (χ4n) is 2.22. The van der Waals surface area contributed by atoms with Crippen LogP contribution >= 0.6 is 0 Å². The quantitative estimate of drug-likeness (QED) is 0.607. The highest BCUT2D eigenvalue weighted by molar-refractivity contribution is 5.97. The third-order valence-corrected chi connectivity index (χ3v) is 3.65. The Morgan fingerprint density at radius 1 is 0.955 bits per heavy atom.